The lowest BCUT2D eigenvalue weighted by Gasteiger charge is -2.10. The SMILES string of the molecule is CNC(=O)c1ccc(-c2ccc3ncc4nc(C)n(-c5ccc(F)cc5)c4c3c2)cc1. The fourth-order valence-electron chi connectivity index (χ4n) is 3.92. The lowest BCUT2D eigenvalue weighted by atomic mass is 10.0. The van der Waals surface area contributed by atoms with E-state index in [1.807, 2.05) is 47.9 Å². The molecule has 2 heterocycles. The van der Waals surface area contributed by atoms with Gasteiger partial charge in [-0.05, 0) is 66.6 Å². The molecule has 0 radical (unpaired) electrons. The molecule has 0 saturated carbocycles. The molecule has 5 nitrogen and oxygen atoms in total. The van der Waals surface area contributed by atoms with E-state index in [0.717, 1.165) is 44.6 Å². The molecule has 2 aromatic heterocycles. The number of aromatic nitrogens is 3. The van der Waals surface area contributed by atoms with Crippen LogP contribution in [-0.2, 0) is 0 Å². The zero-order chi connectivity index (χ0) is 21.5. The summed E-state index contributed by atoms with van der Waals surface area (Å²) in [6.45, 7) is 1.93. The van der Waals surface area contributed by atoms with Gasteiger partial charge in [-0.15, -0.1) is 0 Å². The van der Waals surface area contributed by atoms with Gasteiger partial charge in [0, 0.05) is 23.7 Å². The van der Waals surface area contributed by atoms with Crippen LogP contribution in [0.4, 0.5) is 4.39 Å². The van der Waals surface area contributed by atoms with Crippen molar-refractivity contribution in [3.63, 3.8) is 0 Å². The summed E-state index contributed by atoms with van der Waals surface area (Å²) < 4.78 is 15.5. The average Bonchev–Trinajstić information content (AvgIpc) is 3.15. The van der Waals surface area contributed by atoms with Crippen molar-refractivity contribution in [2.45, 2.75) is 6.92 Å². The number of benzene rings is 3. The van der Waals surface area contributed by atoms with Crippen LogP contribution in [0.15, 0.2) is 72.9 Å². The number of hydrogen-bond acceptors (Lipinski definition) is 3. The number of imidazole rings is 1. The summed E-state index contributed by atoms with van der Waals surface area (Å²) in [4.78, 5) is 21.1. The maximum Gasteiger partial charge on any atom is 0.251 e. The Labute approximate surface area is 178 Å². The molecule has 3 aromatic carbocycles. The van der Waals surface area contributed by atoms with E-state index < -0.39 is 0 Å². The molecule has 5 rings (SSSR count). The number of carbonyl (C=O) groups excluding carboxylic acids is 1. The number of fused-ring (bicyclic) bond motifs is 3. The number of rotatable bonds is 3. The normalized spacial score (nSPS) is 11.2. The van der Waals surface area contributed by atoms with Crippen molar-refractivity contribution in [3.05, 3.63) is 90.1 Å². The van der Waals surface area contributed by atoms with E-state index in [1.54, 1.807) is 25.4 Å². The van der Waals surface area contributed by atoms with Gasteiger partial charge in [-0.3, -0.25) is 14.3 Å². The smallest absolute Gasteiger partial charge is 0.251 e. The van der Waals surface area contributed by atoms with Crippen molar-refractivity contribution < 1.29 is 9.18 Å². The monoisotopic (exact) mass is 410 g/mol. The third-order valence-corrected chi connectivity index (χ3v) is 5.44. The molecule has 0 aliphatic rings. The third kappa shape index (κ3) is 3.22. The van der Waals surface area contributed by atoms with Gasteiger partial charge < -0.3 is 5.32 Å². The molecule has 1 amide bonds. The predicted octanol–water partition coefficient (Wildman–Crippen LogP) is 5.05. The van der Waals surface area contributed by atoms with Gasteiger partial charge in [-0.2, -0.15) is 0 Å². The summed E-state index contributed by atoms with van der Waals surface area (Å²) in [5, 5.41) is 3.59. The van der Waals surface area contributed by atoms with E-state index in [2.05, 4.69) is 21.4 Å². The molecule has 1 N–H and O–H groups in total. The summed E-state index contributed by atoms with van der Waals surface area (Å²) in [5.41, 5.74) is 6.02. The van der Waals surface area contributed by atoms with Gasteiger partial charge in [0.1, 0.15) is 17.2 Å². The summed E-state index contributed by atoms with van der Waals surface area (Å²) >= 11 is 0. The lowest BCUT2D eigenvalue weighted by Crippen LogP contribution is -2.17. The van der Waals surface area contributed by atoms with E-state index in [9.17, 15) is 9.18 Å². The molecule has 0 unspecified atom stereocenters. The molecule has 5 aromatic rings. The van der Waals surface area contributed by atoms with Crippen molar-refractivity contribution in [2.24, 2.45) is 0 Å². The molecule has 0 saturated heterocycles. The Morgan fingerprint density at radius 2 is 1.65 bits per heavy atom. The molecule has 6 heteroatoms. The highest BCUT2D eigenvalue weighted by molar-refractivity contribution is 6.04. The highest BCUT2D eigenvalue weighted by Crippen LogP contribution is 2.31. The minimum absolute atomic E-state index is 0.116. The zero-order valence-corrected chi connectivity index (χ0v) is 17.1. The summed E-state index contributed by atoms with van der Waals surface area (Å²) in [6, 6.07) is 20.0. The largest absolute Gasteiger partial charge is 0.355 e. The Balaban J connectivity index is 1.71. The number of nitrogens with zero attached hydrogens (tertiary/aromatic N) is 3. The van der Waals surface area contributed by atoms with E-state index >= 15 is 0 Å². The number of nitrogens with one attached hydrogen (secondary N) is 1. The Morgan fingerprint density at radius 1 is 0.935 bits per heavy atom. The first-order valence-electron chi connectivity index (χ1n) is 9.91. The van der Waals surface area contributed by atoms with Crippen LogP contribution < -0.4 is 5.32 Å². The number of hydrogen-bond donors (Lipinski definition) is 1. The second kappa shape index (κ2) is 7.32. The zero-order valence-electron chi connectivity index (χ0n) is 17.1. The molecule has 31 heavy (non-hydrogen) atoms. The molecule has 0 atom stereocenters. The lowest BCUT2D eigenvalue weighted by molar-refractivity contribution is 0.0963. The van der Waals surface area contributed by atoms with Crippen LogP contribution in [0.5, 0.6) is 0 Å². The average molecular weight is 410 g/mol. The summed E-state index contributed by atoms with van der Waals surface area (Å²) in [5.74, 6) is 0.408. The Morgan fingerprint density at radius 3 is 2.35 bits per heavy atom. The van der Waals surface area contributed by atoms with E-state index in [1.165, 1.54) is 12.1 Å². The summed E-state index contributed by atoms with van der Waals surface area (Å²) in [7, 11) is 1.62. The molecule has 0 bridgehead atoms. The number of pyridine rings is 1. The first kappa shape index (κ1) is 18.9. The van der Waals surface area contributed by atoms with E-state index in [4.69, 9.17) is 0 Å². The van der Waals surface area contributed by atoms with E-state index in [-0.39, 0.29) is 11.7 Å². The second-order valence-corrected chi connectivity index (χ2v) is 7.35. The highest BCUT2D eigenvalue weighted by Gasteiger charge is 2.14. The van der Waals surface area contributed by atoms with Gasteiger partial charge >= 0.3 is 0 Å². The number of carbonyl (C=O) groups is 1. The van der Waals surface area contributed by atoms with Crippen molar-refractivity contribution in [1.82, 2.24) is 19.9 Å². The third-order valence-electron chi connectivity index (χ3n) is 5.44. The molecule has 0 aliphatic carbocycles. The van der Waals surface area contributed by atoms with Crippen LogP contribution in [0.2, 0.25) is 0 Å². The molecular weight excluding hydrogens is 391 g/mol. The number of halogens is 1. The molecular formula is C25H19FN4O. The van der Waals surface area contributed by atoms with Crippen LogP contribution >= 0.6 is 0 Å². The van der Waals surface area contributed by atoms with Crippen LogP contribution in [-0.4, -0.2) is 27.5 Å². The van der Waals surface area contributed by atoms with Crippen molar-refractivity contribution in [2.75, 3.05) is 7.05 Å². The maximum absolute atomic E-state index is 13.5. The Kier molecular flexibility index (Phi) is 4.47. The van der Waals surface area contributed by atoms with Crippen LogP contribution in [0.25, 0.3) is 38.8 Å². The summed E-state index contributed by atoms with van der Waals surface area (Å²) in [6.07, 6.45) is 1.77. The standard InChI is InChI=1S/C25H19FN4O/c1-15-29-23-14-28-22-12-7-18(16-3-5-17(6-4-16)25(31)27-2)13-21(22)24(23)30(15)20-10-8-19(26)9-11-20/h3-14H,1-2H3,(H,27,31). The fourth-order valence-corrected chi connectivity index (χ4v) is 3.92. The maximum atomic E-state index is 13.5. The Hall–Kier alpha value is -4.06. The Bertz CT molecular complexity index is 1440. The molecule has 0 fully saturated rings. The number of aryl methyl sites for hydroxylation is 1. The first-order chi connectivity index (χ1) is 15.0. The minimum atomic E-state index is -0.278. The van der Waals surface area contributed by atoms with Gasteiger partial charge in [-0.1, -0.05) is 18.2 Å². The number of amides is 1. The van der Waals surface area contributed by atoms with Crippen LogP contribution in [0.3, 0.4) is 0 Å². The van der Waals surface area contributed by atoms with Gasteiger partial charge in [0.2, 0.25) is 0 Å². The molecule has 152 valence electrons. The second-order valence-electron chi connectivity index (χ2n) is 7.35. The quantitative estimate of drug-likeness (QED) is 0.453. The van der Waals surface area contributed by atoms with Crippen molar-refractivity contribution in [1.29, 1.82) is 0 Å². The topological polar surface area (TPSA) is 59.8 Å². The van der Waals surface area contributed by atoms with Gasteiger partial charge in [0.05, 0.1) is 17.2 Å². The van der Waals surface area contributed by atoms with Crippen molar-refractivity contribution >= 4 is 27.8 Å². The van der Waals surface area contributed by atoms with Gasteiger partial charge in [-0.25, -0.2) is 9.37 Å². The van der Waals surface area contributed by atoms with Gasteiger partial charge in [0.15, 0.2) is 0 Å². The van der Waals surface area contributed by atoms with Crippen molar-refractivity contribution in [3.8, 4) is 16.8 Å². The van der Waals surface area contributed by atoms with Gasteiger partial charge in [0.25, 0.3) is 5.91 Å². The van der Waals surface area contributed by atoms with Crippen LogP contribution in [0.1, 0.15) is 16.2 Å². The van der Waals surface area contributed by atoms with Crippen LogP contribution in [0, 0.1) is 12.7 Å². The first-order valence-corrected chi connectivity index (χ1v) is 9.91. The minimum Gasteiger partial charge on any atom is -0.355 e. The highest BCUT2D eigenvalue weighted by atomic mass is 19.1. The fraction of sp³-hybridized carbons (Fsp3) is 0.0800. The molecule has 0 spiro atoms. The molecule has 0 aliphatic heterocycles. The van der Waals surface area contributed by atoms with E-state index in [0.29, 0.717) is 5.56 Å². The predicted molar refractivity (Wildman–Crippen MR) is 120 cm³/mol.